The molecule has 0 amide bonds. The maximum absolute atomic E-state index is 9.50. The van der Waals surface area contributed by atoms with Crippen molar-refractivity contribution in [2.24, 2.45) is 0 Å². The molecule has 0 fully saturated rings. The van der Waals surface area contributed by atoms with Crippen LogP contribution in [-0.4, -0.2) is 0 Å². The molecule has 7 aromatic carbocycles. The zero-order chi connectivity index (χ0) is 37.4. The monoisotopic (exact) mass is 485 g/mol. The van der Waals surface area contributed by atoms with E-state index in [0.717, 1.165) is 10.8 Å². The number of hydrogen-bond donors (Lipinski definition) is 0. The van der Waals surface area contributed by atoms with E-state index in [4.69, 9.17) is 16.8 Å². The molecule has 1 heterocycles. The van der Waals surface area contributed by atoms with Gasteiger partial charge in [0.05, 0.1) is 20.6 Å². The van der Waals surface area contributed by atoms with Crippen molar-refractivity contribution in [3.05, 3.63) is 133 Å². The van der Waals surface area contributed by atoms with E-state index < -0.39 is 96.2 Å². The Morgan fingerprint density at radius 3 is 1.73 bits per heavy atom. The minimum Gasteiger partial charge on any atom is -0.456 e. The Kier molecular flexibility index (Phi) is 2.24. The third kappa shape index (κ3) is 3.04. The number of rotatable bonds is 2. The van der Waals surface area contributed by atoms with Crippen LogP contribution in [0, 0.1) is 0 Å². The summed E-state index contributed by atoms with van der Waals surface area (Å²) in [7, 11) is 0. The Balaban J connectivity index is 1.72. The van der Waals surface area contributed by atoms with E-state index in [1.165, 1.54) is 0 Å². The van der Waals surface area contributed by atoms with Crippen LogP contribution in [0.3, 0.4) is 0 Å². The van der Waals surface area contributed by atoms with Crippen molar-refractivity contribution in [3.63, 3.8) is 0 Å². The van der Waals surface area contributed by atoms with Gasteiger partial charge < -0.3 is 4.42 Å². The third-order valence-electron chi connectivity index (χ3n) is 6.55. The number of para-hydroxylation sites is 1. The fraction of sp³-hybridized carbons (Fsp3) is 0. The van der Waals surface area contributed by atoms with Crippen LogP contribution in [0.5, 0.6) is 0 Å². The normalized spacial score (nSPS) is 17.5. The first-order valence-corrected chi connectivity index (χ1v) is 11.5. The van der Waals surface area contributed by atoms with E-state index in [1.807, 2.05) is 24.3 Å². The molecule has 1 heteroatoms. The first-order chi connectivity index (χ1) is 24.6. The summed E-state index contributed by atoms with van der Waals surface area (Å²) in [4.78, 5) is 0. The van der Waals surface area contributed by atoms with E-state index in [2.05, 4.69) is 0 Å². The molecule has 0 radical (unpaired) electrons. The number of benzene rings is 7. The highest BCUT2D eigenvalue weighted by Gasteiger charge is 2.17. The van der Waals surface area contributed by atoms with Crippen molar-refractivity contribution in [1.29, 1.82) is 0 Å². The molecule has 0 spiro atoms. The van der Waals surface area contributed by atoms with E-state index in [9.17, 15) is 8.22 Å². The van der Waals surface area contributed by atoms with Gasteiger partial charge in [0.2, 0.25) is 0 Å². The van der Waals surface area contributed by atoms with E-state index in [-0.39, 0.29) is 54.6 Å². The lowest BCUT2D eigenvalue weighted by Gasteiger charge is -2.18. The highest BCUT2D eigenvalue weighted by molar-refractivity contribution is 6.22. The van der Waals surface area contributed by atoms with Gasteiger partial charge in [0.25, 0.3) is 0 Å². The van der Waals surface area contributed by atoms with Gasteiger partial charge in [-0.25, -0.2) is 0 Å². The molecular weight excluding hydrogens is 448 g/mol. The highest BCUT2D eigenvalue weighted by Crippen LogP contribution is 2.45. The molecule has 0 saturated heterocycles. The first-order valence-electron chi connectivity index (χ1n) is 19.0. The average molecular weight is 486 g/mol. The second-order valence-corrected chi connectivity index (χ2v) is 8.57. The molecule has 0 aliphatic heterocycles. The van der Waals surface area contributed by atoms with Crippen molar-refractivity contribution in [1.82, 2.24) is 0 Å². The lowest BCUT2D eigenvalue weighted by Crippen LogP contribution is -1.91. The van der Waals surface area contributed by atoms with Crippen molar-refractivity contribution < 1.29 is 25.0 Å². The van der Waals surface area contributed by atoms with Crippen molar-refractivity contribution in [2.45, 2.75) is 0 Å². The van der Waals surface area contributed by atoms with E-state index in [1.54, 1.807) is 18.2 Å². The molecule has 1 aromatic heterocycles. The van der Waals surface area contributed by atoms with Crippen LogP contribution < -0.4 is 0 Å². The lowest BCUT2D eigenvalue weighted by molar-refractivity contribution is 0.669. The van der Waals surface area contributed by atoms with Gasteiger partial charge in [-0.2, -0.15) is 0 Å². The number of fused-ring (bicyclic) bond motifs is 6. The lowest BCUT2D eigenvalue weighted by atomic mass is 9.85. The van der Waals surface area contributed by atoms with Gasteiger partial charge in [0.15, 0.2) is 0 Å². The molecule has 0 bridgehead atoms. The fourth-order valence-corrected chi connectivity index (χ4v) is 4.94. The maximum Gasteiger partial charge on any atom is 0.135 e. The van der Waals surface area contributed by atoms with Gasteiger partial charge in [0, 0.05) is 10.8 Å². The van der Waals surface area contributed by atoms with Gasteiger partial charge in [-0.05, 0) is 78.8 Å². The summed E-state index contributed by atoms with van der Waals surface area (Å²) in [6, 6.07) is 3.30. The zero-order valence-corrected chi connectivity index (χ0v) is 18.9. The Bertz CT molecular complexity index is 2890. The molecule has 0 aliphatic rings. The Hall–Kier alpha value is -4.88. The van der Waals surface area contributed by atoms with Crippen LogP contribution in [-0.2, 0) is 0 Å². The molecule has 1 nitrogen and oxygen atoms in total. The van der Waals surface area contributed by atoms with Gasteiger partial charge in [0.1, 0.15) is 11.2 Å². The summed E-state index contributed by atoms with van der Waals surface area (Å²) in [6.45, 7) is 0. The minimum atomic E-state index is -0.687. The van der Waals surface area contributed by atoms with Gasteiger partial charge in [-0.1, -0.05) is 109 Å². The SMILES string of the molecule is [2H]c1c([2H])c([2H])c2c(oc3c([2H])c([2H])c(-c4c5c([2H])c([2H])c([2H])c([2H])c5c(-c5ccc6ccccc6c5)c5c([2H])c([2H])c([2H])c([2H])c45)c([2H])c32)c1[2H]. The predicted octanol–water partition coefficient (Wildman–Crippen LogP) is 10.4. The largest absolute Gasteiger partial charge is 0.456 e. The number of hydrogen-bond acceptors (Lipinski definition) is 1. The second-order valence-electron chi connectivity index (χ2n) is 8.57. The summed E-state index contributed by atoms with van der Waals surface area (Å²) in [5.41, 5.74) is -1.06. The molecule has 0 N–H and O–H groups in total. The molecule has 0 aliphatic carbocycles. The van der Waals surface area contributed by atoms with Crippen LogP contribution >= 0.6 is 0 Å². The van der Waals surface area contributed by atoms with Crippen LogP contribution in [0.25, 0.3) is 76.5 Å². The average Bonchev–Trinajstić information content (AvgIpc) is 3.55. The van der Waals surface area contributed by atoms with Crippen molar-refractivity contribution in [2.75, 3.05) is 0 Å². The smallest absolute Gasteiger partial charge is 0.135 e. The van der Waals surface area contributed by atoms with Gasteiger partial charge >= 0.3 is 0 Å². The molecule has 37 heavy (non-hydrogen) atoms. The van der Waals surface area contributed by atoms with E-state index in [0.29, 0.717) is 5.56 Å². The second kappa shape index (κ2) is 7.81. The highest BCUT2D eigenvalue weighted by atomic mass is 16.3. The third-order valence-corrected chi connectivity index (χ3v) is 6.55. The summed E-state index contributed by atoms with van der Waals surface area (Å²) in [6.07, 6.45) is 0. The topological polar surface area (TPSA) is 13.1 Å². The first kappa shape index (κ1) is 10.6. The van der Waals surface area contributed by atoms with Crippen molar-refractivity contribution >= 4 is 54.3 Å². The van der Waals surface area contributed by atoms with Crippen LogP contribution in [0.4, 0.5) is 0 Å². The summed E-state index contributed by atoms with van der Waals surface area (Å²) < 4.78 is 138. The molecule has 8 rings (SSSR count). The van der Waals surface area contributed by atoms with Gasteiger partial charge in [-0.3, -0.25) is 0 Å². The molecule has 8 aromatic rings. The van der Waals surface area contributed by atoms with Crippen LogP contribution in [0.2, 0.25) is 0 Å². The summed E-state index contributed by atoms with van der Waals surface area (Å²) in [5.74, 6) is 0. The maximum atomic E-state index is 9.50. The Labute approximate surface area is 235 Å². The Morgan fingerprint density at radius 2 is 1.03 bits per heavy atom. The summed E-state index contributed by atoms with van der Waals surface area (Å²) >= 11 is 0. The Morgan fingerprint density at radius 1 is 0.459 bits per heavy atom. The summed E-state index contributed by atoms with van der Waals surface area (Å²) in [5, 5.41) is 0.278. The number of furan rings is 1. The molecule has 0 saturated carbocycles. The quantitative estimate of drug-likeness (QED) is 0.222. The van der Waals surface area contributed by atoms with Crippen LogP contribution in [0.1, 0.15) is 20.6 Å². The standard InChI is InChI=1S/C36H22O/c1-2-10-24-21-25(18-17-23(24)9-1)35-28-12-3-5-14-30(28)36(31-15-6-4-13-29(31)35)26-19-20-34-32(22-26)27-11-7-8-16-33(27)37-34/h1-22H/i3D,4D,5D,6D,7D,8D,11D,12D,13D,14D,15D,16D,19D,20D,22D. The molecule has 0 unspecified atom stereocenters. The van der Waals surface area contributed by atoms with Crippen molar-refractivity contribution in [3.8, 4) is 22.3 Å². The molecular formula is C36H22O. The molecule has 172 valence electrons. The molecule has 0 atom stereocenters. The zero-order valence-electron chi connectivity index (χ0n) is 33.9. The van der Waals surface area contributed by atoms with E-state index >= 15 is 0 Å². The van der Waals surface area contributed by atoms with Crippen LogP contribution in [0.15, 0.2) is 138 Å². The minimum absolute atomic E-state index is 0.0756. The predicted molar refractivity (Wildman–Crippen MR) is 157 cm³/mol. The van der Waals surface area contributed by atoms with Gasteiger partial charge in [-0.15, -0.1) is 0 Å². The fourth-order valence-electron chi connectivity index (χ4n) is 4.94.